The summed E-state index contributed by atoms with van der Waals surface area (Å²) in [6.07, 6.45) is 0. The normalized spacial score (nSPS) is 12.3. The summed E-state index contributed by atoms with van der Waals surface area (Å²) >= 11 is 3.22. The second-order valence-electron chi connectivity index (χ2n) is 4.49. The first kappa shape index (κ1) is 13.9. The van der Waals surface area contributed by atoms with Crippen molar-refractivity contribution in [2.45, 2.75) is 6.54 Å². The number of amides is 1. The van der Waals surface area contributed by atoms with Crippen LogP contribution in [0.2, 0.25) is 0 Å². The third-order valence-electron chi connectivity index (χ3n) is 3.06. The molecule has 0 aliphatic carbocycles. The summed E-state index contributed by atoms with van der Waals surface area (Å²) in [5, 5.41) is 2.68. The summed E-state index contributed by atoms with van der Waals surface area (Å²) < 4.78 is 24.7. The molecule has 2 aromatic rings. The van der Waals surface area contributed by atoms with Crippen LogP contribution >= 0.6 is 15.9 Å². The van der Waals surface area contributed by atoms with Crippen LogP contribution < -0.4 is 14.8 Å². The van der Waals surface area contributed by atoms with E-state index >= 15 is 0 Å². The smallest absolute Gasteiger partial charge is 0.254 e. The maximum absolute atomic E-state index is 13.6. The number of carbonyl (C=O) groups is 1. The van der Waals surface area contributed by atoms with Crippen molar-refractivity contribution in [1.82, 2.24) is 5.32 Å². The van der Waals surface area contributed by atoms with Crippen LogP contribution in [-0.4, -0.2) is 12.7 Å². The Hall–Kier alpha value is -2.08. The molecular weight excluding hydrogens is 341 g/mol. The van der Waals surface area contributed by atoms with E-state index in [4.69, 9.17) is 9.47 Å². The fraction of sp³-hybridized carbons (Fsp3) is 0.133. The molecule has 0 bridgehead atoms. The van der Waals surface area contributed by atoms with E-state index in [-0.39, 0.29) is 18.9 Å². The van der Waals surface area contributed by atoms with Crippen molar-refractivity contribution in [2.24, 2.45) is 0 Å². The van der Waals surface area contributed by atoms with E-state index < -0.39 is 11.7 Å². The van der Waals surface area contributed by atoms with Crippen LogP contribution in [0, 0.1) is 5.82 Å². The Morgan fingerprint density at radius 2 is 2.00 bits per heavy atom. The molecule has 0 aromatic heterocycles. The second-order valence-corrected chi connectivity index (χ2v) is 5.41. The van der Waals surface area contributed by atoms with E-state index in [2.05, 4.69) is 21.2 Å². The summed E-state index contributed by atoms with van der Waals surface area (Å²) in [7, 11) is 0. The van der Waals surface area contributed by atoms with Gasteiger partial charge in [0.05, 0.1) is 5.56 Å². The van der Waals surface area contributed by atoms with Crippen LogP contribution in [0.4, 0.5) is 4.39 Å². The molecule has 0 fully saturated rings. The Morgan fingerprint density at radius 3 is 2.86 bits per heavy atom. The fourth-order valence-electron chi connectivity index (χ4n) is 2.00. The molecule has 0 unspecified atom stereocenters. The molecular formula is C15H11BrFNO3. The highest BCUT2D eigenvalue weighted by molar-refractivity contribution is 9.10. The predicted octanol–water partition coefficient (Wildman–Crippen LogP) is 3.25. The Kier molecular flexibility index (Phi) is 3.79. The van der Waals surface area contributed by atoms with Gasteiger partial charge in [-0.2, -0.15) is 0 Å². The van der Waals surface area contributed by atoms with Gasteiger partial charge in [-0.05, 0) is 35.9 Å². The molecule has 108 valence electrons. The first-order chi connectivity index (χ1) is 10.1. The third-order valence-corrected chi connectivity index (χ3v) is 3.56. The second kappa shape index (κ2) is 5.73. The van der Waals surface area contributed by atoms with E-state index in [0.29, 0.717) is 16.0 Å². The van der Waals surface area contributed by atoms with Crippen LogP contribution in [-0.2, 0) is 6.54 Å². The van der Waals surface area contributed by atoms with Crippen molar-refractivity contribution in [3.8, 4) is 11.5 Å². The Labute approximate surface area is 129 Å². The molecule has 0 spiro atoms. The van der Waals surface area contributed by atoms with Crippen molar-refractivity contribution in [1.29, 1.82) is 0 Å². The van der Waals surface area contributed by atoms with Crippen molar-refractivity contribution < 1.29 is 18.7 Å². The van der Waals surface area contributed by atoms with E-state index in [1.54, 1.807) is 18.2 Å². The van der Waals surface area contributed by atoms with Gasteiger partial charge in [-0.3, -0.25) is 4.79 Å². The molecule has 6 heteroatoms. The van der Waals surface area contributed by atoms with Gasteiger partial charge in [0.15, 0.2) is 11.5 Å². The van der Waals surface area contributed by atoms with E-state index in [9.17, 15) is 9.18 Å². The largest absolute Gasteiger partial charge is 0.454 e. The number of fused-ring (bicyclic) bond motifs is 1. The first-order valence-electron chi connectivity index (χ1n) is 6.25. The number of halogens is 2. The molecule has 3 rings (SSSR count). The third kappa shape index (κ3) is 3.00. The van der Waals surface area contributed by atoms with E-state index in [0.717, 1.165) is 5.56 Å². The molecule has 1 heterocycles. The van der Waals surface area contributed by atoms with Crippen LogP contribution in [0.25, 0.3) is 0 Å². The summed E-state index contributed by atoms with van der Waals surface area (Å²) in [4.78, 5) is 12.0. The van der Waals surface area contributed by atoms with Crippen LogP contribution in [0.5, 0.6) is 11.5 Å². The average Bonchev–Trinajstić information content (AvgIpc) is 2.94. The molecule has 1 amide bonds. The SMILES string of the molecule is O=C(NCc1ccc2c(c1)OCO2)c1cc(Br)ccc1F. The summed E-state index contributed by atoms with van der Waals surface area (Å²) in [6, 6.07) is 9.64. The quantitative estimate of drug-likeness (QED) is 0.923. The summed E-state index contributed by atoms with van der Waals surface area (Å²) in [5.74, 6) is 0.311. The zero-order valence-corrected chi connectivity index (χ0v) is 12.4. The summed E-state index contributed by atoms with van der Waals surface area (Å²) in [6.45, 7) is 0.482. The van der Waals surface area contributed by atoms with Gasteiger partial charge in [0, 0.05) is 11.0 Å². The fourth-order valence-corrected chi connectivity index (χ4v) is 2.36. The zero-order valence-electron chi connectivity index (χ0n) is 10.9. The first-order valence-corrected chi connectivity index (χ1v) is 7.04. The van der Waals surface area contributed by atoms with Gasteiger partial charge in [-0.15, -0.1) is 0 Å². The van der Waals surface area contributed by atoms with Crippen LogP contribution in [0.3, 0.4) is 0 Å². The Morgan fingerprint density at radius 1 is 1.19 bits per heavy atom. The summed E-state index contributed by atoms with van der Waals surface area (Å²) in [5.41, 5.74) is 0.855. The number of rotatable bonds is 3. The number of carbonyl (C=O) groups excluding carboxylic acids is 1. The van der Waals surface area contributed by atoms with E-state index in [1.165, 1.54) is 12.1 Å². The van der Waals surface area contributed by atoms with Crippen molar-refractivity contribution in [3.05, 3.63) is 57.8 Å². The van der Waals surface area contributed by atoms with Gasteiger partial charge in [0.1, 0.15) is 5.82 Å². The van der Waals surface area contributed by atoms with Gasteiger partial charge in [0.2, 0.25) is 6.79 Å². The van der Waals surface area contributed by atoms with Gasteiger partial charge in [-0.25, -0.2) is 4.39 Å². The number of hydrogen-bond acceptors (Lipinski definition) is 3. The lowest BCUT2D eigenvalue weighted by Crippen LogP contribution is -2.23. The highest BCUT2D eigenvalue weighted by Gasteiger charge is 2.15. The lowest BCUT2D eigenvalue weighted by molar-refractivity contribution is 0.0946. The maximum Gasteiger partial charge on any atom is 0.254 e. The molecule has 21 heavy (non-hydrogen) atoms. The van der Waals surface area contributed by atoms with Crippen molar-refractivity contribution in [3.63, 3.8) is 0 Å². The van der Waals surface area contributed by atoms with Gasteiger partial charge < -0.3 is 14.8 Å². The van der Waals surface area contributed by atoms with Crippen LogP contribution in [0.1, 0.15) is 15.9 Å². The number of benzene rings is 2. The van der Waals surface area contributed by atoms with Crippen LogP contribution in [0.15, 0.2) is 40.9 Å². The lowest BCUT2D eigenvalue weighted by atomic mass is 10.1. The number of ether oxygens (including phenoxy) is 2. The molecule has 0 radical (unpaired) electrons. The molecule has 1 N–H and O–H groups in total. The molecule has 1 aliphatic rings. The molecule has 1 aliphatic heterocycles. The highest BCUT2D eigenvalue weighted by Crippen LogP contribution is 2.32. The Balaban J connectivity index is 1.70. The van der Waals surface area contributed by atoms with Crippen molar-refractivity contribution >= 4 is 21.8 Å². The zero-order chi connectivity index (χ0) is 14.8. The minimum absolute atomic E-state index is 0.00474. The topological polar surface area (TPSA) is 47.6 Å². The van der Waals surface area contributed by atoms with Gasteiger partial charge >= 0.3 is 0 Å². The molecule has 0 saturated heterocycles. The van der Waals surface area contributed by atoms with Crippen molar-refractivity contribution in [2.75, 3.05) is 6.79 Å². The molecule has 4 nitrogen and oxygen atoms in total. The predicted molar refractivity (Wildman–Crippen MR) is 77.8 cm³/mol. The Bertz CT molecular complexity index is 705. The minimum Gasteiger partial charge on any atom is -0.454 e. The number of nitrogens with one attached hydrogen (secondary N) is 1. The van der Waals surface area contributed by atoms with Gasteiger partial charge in [-0.1, -0.05) is 22.0 Å². The molecule has 0 atom stereocenters. The molecule has 2 aromatic carbocycles. The van der Waals surface area contributed by atoms with E-state index in [1.807, 2.05) is 6.07 Å². The standard InChI is InChI=1S/C15H11BrFNO3/c16-10-2-3-12(17)11(6-10)15(19)18-7-9-1-4-13-14(5-9)21-8-20-13/h1-6H,7-8H2,(H,18,19). The molecule has 0 saturated carbocycles. The van der Waals surface area contributed by atoms with Gasteiger partial charge in [0.25, 0.3) is 5.91 Å². The highest BCUT2D eigenvalue weighted by atomic mass is 79.9. The monoisotopic (exact) mass is 351 g/mol. The number of hydrogen-bond donors (Lipinski definition) is 1. The average molecular weight is 352 g/mol. The lowest BCUT2D eigenvalue weighted by Gasteiger charge is -2.07. The minimum atomic E-state index is -0.554. The maximum atomic E-state index is 13.6.